The van der Waals surface area contributed by atoms with Crippen LogP contribution in [0.3, 0.4) is 0 Å². The second kappa shape index (κ2) is 32.9. The van der Waals surface area contributed by atoms with Gasteiger partial charge >= 0.3 is 28.4 Å². The SMILES string of the molecule is Cc1ccc(S(=O)(=O)OC[C@H]2O[C@@H](n3cc(C)c(=O)[nH]c3=O)C[C@@H]2OCc2cn(C[C@H]3O[C@@H](n4cc(C)c(=O)[nH]c4=O)C[C@@H]3OCc3cn(C[C@H]4O[C@@H](n5cc(C)c(=O)[nH]c5=O)C[C@@H]4OCc4cn(C[C@H]5O[C@@H](n6cc(C)c(=O)[nH]c6=O)C[C@@H]5OCc5cn(C[C@H]6O[C@@H](n7cc(C)c(=O)[nH]c7=O)C[C@@H]6O)nn5)nn4)nn3)nn2)cc1. The fourth-order valence-electron chi connectivity index (χ4n) is 14.3. The van der Waals surface area contributed by atoms with Crippen molar-refractivity contribution in [1.29, 1.82) is 0 Å². The number of H-pyrrole nitrogens is 5. The molecule has 1 aromatic carbocycles. The number of aromatic amines is 5. The summed E-state index contributed by atoms with van der Waals surface area (Å²) in [6, 6.07) is 6.08. The molecule has 0 saturated carbocycles. The van der Waals surface area contributed by atoms with E-state index in [9.17, 15) is 61.5 Å². The molecule has 0 bridgehead atoms. The average Bonchev–Trinajstić information content (AvgIpc) is 1.68. The Morgan fingerprint density at radius 1 is 0.374 bits per heavy atom. The molecule has 5 saturated heterocycles. The summed E-state index contributed by atoms with van der Waals surface area (Å²) in [6.07, 6.45) is 0.874. The number of ether oxygens (including phenoxy) is 9. The number of benzene rings is 1. The van der Waals surface area contributed by atoms with Crippen LogP contribution < -0.4 is 56.2 Å². The van der Waals surface area contributed by atoms with Crippen LogP contribution in [0.2, 0.25) is 0 Å². The van der Waals surface area contributed by atoms with E-state index < -0.39 is 165 Å². The van der Waals surface area contributed by atoms with E-state index in [1.54, 1.807) is 64.6 Å². The minimum absolute atomic E-state index is 0.00999. The zero-order chi connectivity index (χ0) is 80.8. The molecule has 10 aromatic rings. The first-order valence-electron chi connectivity index (χ1n) is 36.6. The van der Waals surface area contributed by atoms with Crippen LogP contribution in [0.5, 0.6) is 0 Å². The number of aryl methyl sites for hydroxylation is 6. The zero-order valence-electron chi connectivity index (χ0n) is 62.5. The summed E-state index contributed by atoms with van der Waals surface area (Å²) in [5.41, 5.74) is -2.82. The predicted molar refractivity (Wildman–Crippen MR) is 388 cm³/mol. The average molecular weight is 1620 g/mol. The third-order valence-electron chi connectivity index (χ3n) is 20.5. The minimum atomic E-state index is -4.27. The van der Waals surface area contributed by atoms with Crippen LogP contribution in [-0.2, 0) is 110 Å². The lowest BCUT2D eigenvalue weighted by molar-refractivity contribution is -0.0610. The molecule has 14 heterocycles. The summed E-state index contributed by atoms with van der Waals surface area (Å²) in [6.45, 7) is 8.62. The molecule has 115 heavy (non-hydrogen) atoms. The van der Waals surface area contributed by atoms with Gasteiger partial charge in [-0.2, -0.15) is 8.42 Å². The molecule has 0 radical (unpaired) electrons. The lowest BCUT2D eigenvalue weighted by Gasteiger charge is -2.19. The van der Waals surface area contributed by atoms with Crippen LogP contribution in [-0.4, -0.2) is 189 Å². The Morgan fingerprint density at radius 2 is 0.635 bits per heavy atom. The van der Waals surface area contributed by atoms with E-state index in [4.69, 9.17) is 46.8 Å². The Kier molecular flexibility index (Phi) is 22.6. The highest BCUT2D eigenvalue weighted by Crippen LogP contribution is 2.37. The van der Waals surface area contributed by atoms with Crippen LogP contribution in [0, 0.1) is 41.5 Å². The number of nitrogens with one attached hydrogen (secondary N) is 5. The van der Waals surface area contributed by atoms with Gasteiger partial charge in [-0.3, -0.25) is 75.9 Å². The molecule has 610 valence electrons. The number of nitrogens with zero attached hydrogens (tertiary/aromatic N) is 17. The van der Waals surface area contributed by atoms with E-state index in [2.05, 4.69) is 66.2 Å². The second-order valence-corrected chi connectivity index (χ2v) is 30.6. The first-order valence-corrected chi connectivity index (χ1v) is 38.0. The molecule has 15 rings (SSSR count). The highest BCUT2D eigenvalue weighted by molar-refractivity contribution is 7.86. The lowest BCUT2D eigenvalue weighted by atomic mass is 10.1. The Labute approximate surface area is 645 Å². The predicted octanol–water partition coefficient (Wildman–Crippen LogP) is -2.50. The van der Waals surface area contributed by atoms with Crippen molar-refractivity contribution in [3.05, 3.63) is 240 Å². The molecule has 5 fully saturated rings. The molecule has 5 aliphatic heterocycles. The molecule has 45 nitrogen and oxygen atoms in total. The molecule has 0 amide bonds. The molecule has 0 aliphatic carbocycles. The highest BCUT2D eigenvalue weighted by atomic mass is 32.2. The Morgan fingerprint density at radius 3 is 0.939 bits per heavy atom. The number of rotatable bonds is 29. The van der Waals surface area contributed by atoms with Gasteiger partial charge in [-0.1, -0.05) is 38.5 Å². The van der Waals surface area contributed by atoms with Gasteiger partial charge in [-0.25, -0.2) is 42.7 Å². The molecule has 0 spiro atoms. The summed E-state index contributed by atoms with van der Waals surface area (Å²) in [5.74, 6) is 0. The van der Waals surface area contributed by atoms with E-state index in [1.165, 1.54) is 91.6 Å². The topological polar surface area (TPSA) is 544 Å². The highest BCUT2D eigenvalue weighted by Gasteiger charge is 2.44. The number of hydrogen-bond acceptors (Lipinski definition) is 31. The number of aliphatic hydroxyl groups is 1. The van der Waals surface area contributed by atoms with Crippen LogP contribution >= 0.6 is 0 Å². The van der Waals surface area contributed by atoms with Gasteiger partial charge in [-0.15, -0.1) is 20.4 Å². The van der Waals surface area contributed by atoms with Crippen LogP contribution in [0.15, 0.2) is 133 Å². The number of aromatic nitrogens is 22. The van der Waals surface area contributed by atoms with E-state index in [1.807, 2.05) is 6.92 Å². The molecule has 0 unspecified atom stereocenters. The molecular weight excluding hydrogens is 1540 g/mol. The van der Waals surface area contributed by atoms with Gasteiger partial charge in [-0.05, 0) is 53.7 Å². The zero-order valence-corrected chi connectivity index (χ0v) is 63.3. The smallest absolute Gasteiger partial charge is 0.330 e. The van der Waals surface area contributed by atoms with Crippen molar-refractivity contribution in [1.82, 2.24) is 108 Å². The summed E-state index contributed by atoms with van der Waals surface area (Å²) in [4.78, 5) is 139. The van der Waals surface area contributed by atoms with Crippen molar-refractivity contribution >= 4 is 10.1 Å². The maximum absolute atomic E-state index is 13.3. The van der Waals surface area contributed by atoms with Crippen molar-refractivity contribution in [2.24, 2.45) is 0 Å². The Balaban J connectivity index is 0.600. The van der Waals surface area contributed by atoms with E-state index in [-0.39, 0.29) is 112 Å². The van der Waals surface area contributed by atoms with E-state index in [0.29, 0.717) is 28.3 Å². The first kappa shape index (κ1) is 78.9. The number of aliphatic hydroxyl groups excluding tert-OH is 1. The van der Waals surface area contributed by atoms with Crippen molar-refractivity contribution in [3.8, 4) is 0 Å². The van der Waals surface area contributed by atoms with Gasteiger partial charge in [0.1, 0.15) is 84.4 Å². The van der Waals surface area contributed by atoms with Gasteiger partial charge in [0.25, 0.3) is 37.9 Å². The van der Waals surface area contributed by atoms with Crippen LogP contribution in [0.25, 0.3) is 0 Å². The van der Waals surface area contributed by atoms with Crippen molar-refractivity contribution in [2.75, 3.05) is 6.61 Å². The molecular formula is C69H80N22O23S. The van der Waals surface area contributed by atoms with Crippen molar-refractivity contribution in [2.45, 2.75) is 223 Å². The lowest BCUT2D eigenvalue weighted by Crippen LogP contribution is -2.33. The van der Waals surface area contributed by atoms with Crippen LogP contribution in [0.1, 0.15) is 119 Å². The summed E-state index contributed by atoms with van der Waals surface area (Å²) in [7, 11) is -4.27. The summed E-state index contributed by atoms with van der Waals surface area (Å²) < 4.78 is 102. The number of hydrogen-bond donors (Lipinski definition) is 6. The van der Waals surface area contributed by atoms with Gasteiger partial charge in [0.15, 0.2) is 0 Å². The fourth-order valence-corrected chi connectivity index (χ4v) is 15.2. The van der Waals surface area contributed by atoms with Crippen molar-refractivity contribution < 1.29 is 60.3 Å². The third kappa shape index (κ3) is 17.7. The quantitative estimate of drug-likeness (QED) is 0.0264. The molecule has 46 heteroatoms. The standard InChI is InChI=1S/C69H80N22O23S/c1-34-7-9-44(10-8-34)115(103,104)109-33-54-49(15-59(114-54)91-20-39(6)64(97)74-69(91)102)108-32-43-24-86(82-78-43)28-53-48(14-58(113-53)90-19-38(5)63(96)73-68(90)101)107-31-42-23-85(81-77-42)27-52-47(13-57(112-52)89-18-37(4)62(95)72-67(89)100)106-30-41-22-84(80-76-41)26-51-46(12-56(111-51)88-17-36(3)61(94)71-66(88)99)105-29-40-21-83(79-75-40)25-50-45(92)11-55(110-50)87-16-35(2)60(93)70-65(87)98/h7-10,16-24,45-59,92H,11-15,25-33H2,1-6H3,(H,70,93,98)(H,71,94,99)(H,72,95,100)(H,73,96,101)(H,74,97,102)/t45-,46-,47-,48-,49-,50+,51+,52+,53+,54+,55+,56+,57+,58+,59+/m0/s1. The molecule has 15 atom stereocenters. The summed E-state index contributed by atoms with van der Waals surface area (Å²) in [5, 5.41) is 45.6. The minimum Gasteiger partial charge on any atom is -0.390 e. The third-order valence-corrected chi connectivity index (χ3v) is 21.8. The maximum atomic E-state index is 13.3. The summed E-state index contributed by atoms with van der Waals surface area (Å²) >= 11 is 0. The van der Waals surface area contributed by atoms with Crippen molar-refractivity contribution in [3.63, 3.8) is 0 Å². The first-order chi connectivity index (χ1) is 55.1. The van der Waals surface area contributed by atoms with Crippen LogP contribution in [0.4, 0.5) is 0 Å². The van der Waals surface area contributed by atoms with Gasteiger partial charge < -0.3 is 47.7 Å². The van der Waals surface area contributed by atoms with Gasteiger partial charge in [0, 0.05) is 90.9 Å². The molecule has 6 N–H and O–H groups in total. The van der Waals surface area contributed by atoms with Gasteiger partial charge in [0.2, 0.25) is 0 Å². The normalized spacial score (nSPS) is 24.9. The largest absolute Gasteiger partial charge is 0.390 e. The van der Waals surface area contributed by atoms with E-state index >= 15 is 0 Å². The monoisotopic (exact) mass is 1620 g/mol. The fraction of sp³-hybridized carbons (Fsp3) is 0.507. The maximum Gasteiger partial charge on any atom is 0.330 e. The molecule has 5 aliphatic rings. The Bertz CT molecular complexity index is 6010. The Hall–Kier alpha value is -11.3. The second-order valence-electron chi connectivity index (χ2n) is 29.0. The van der Waals surface area contributed by atoms with E-state index in [0.717, 1.165) is 5.56 Å². The van der Waals surface area contributed by atoms with Gasteiger partial charge in [0.05, 0.1) is 119 Å². The molecule has 9 aromatic heterocycles.